The lowest BCUT2D eigenvalue weighted by atomic mass is 9.99. The molecule has 2 aliphatic rings. The summed E-state index contributed by atoms with van der Waals surface area (Å²) in [5.74, 6) is -1.33. The minimum absolute atomic E-state index is 0.0136. The second-order valence-corrected chi connectivity index (χ2v) is 13.5. The first kappa shape index (κ1) is 34.3. The van der Waals surface area contributed by atoms with E-state index in [4.69, 9.17) is 9.47 Å². The van der Waals surface area contributed by atoms with Crippen LogP contribution < -0.4 is 10.6 Å². The zero-order chi connectivity index (χ0) is 34.4. The fourth-order valence-corrected chi connectivity index (χ4v) is 6.83. The van der Waals surface area contributed by atoms with E-state index in [2.05, 4.69) is 10.6 Å². The topological polar surface area (TPSA) is 134 Å². The molecule has 0 spiro atoms. The average Bonchev–Trinajstić information content (AvgIpc) is 3.07. The number of hydrogen-bond acceptors (Lipinski definition) is 8. The number of benzene rings is 3. The number of phenols is 1. The Morgan fingerprint density at radius 1 is 0.958 bits per heavy atom. The van der Waals surface area contributed by atoms with E-state index in [1.807, 2.05) is 79.7 Å². The number of thioether (sulfide) groups is 1. The van der Waals surface area contributed by atoms with Crippen LogP contribution in [-0.4, -0.2) is 56.7 Å². The maximum absolute atomic E-state index is 14.1. The smallest absolute Gasteiger partial charge is 0.408 e. The second-order valence-electron chi connectivity index (χ2n) is 12.4. The zero-order valence-corrected chi connectivity index (χ0v) is 28.0. The third kappa shape index (κ3) is 7.91. The molecule has 3 N–H and O–H groups in total. The lowest BCUT2D eigenvalue weighted by Crippen LogP contribution is -2.71. The highest BCUT2D eigenvalue weighted by Crippen LogP contribution is 2.42. The Balaban J connectivity index is 1.39. The van der Waals surface area contributed by atoms with Crippen molar-refractivity contribution in [1.29, 1.82) is 0 Å². The maximum Gasteiger partial charge on any atom is 0.408 e. The Kier molecular flexibility index (Phi) is 10.6. The second kappa shape index (κ2) is 14.8. The van der Waals surface area contributed by atoms with E-state index in [9.17, 15) is 24.3 Å². The van der Waals surface area contributed by atoms with Crippen LogP contribution in [-0.2, 0) is 23.9 Å². The molecule has 3 aromatic rings. The Morgan fingerprint density at radius 2 is 1.56 bits per heavy atom. The van der Waals surface area contributed by atoms with Gasteiger partial charge in [0.2, 0.25) is 5.91 Å². The highest BCUT2D eigenvalue weighted by Gasteiger charge is 2.55. The average molecular weight is 670 g/mol. The Bertz CT molecular complexity index is 1660. The molecule has 0 radical (unpaired) electrons. The normalized spacial score (nSPS) is 18.2. The van der Waals surface area contributed by atoms with Gasteiger partial charge < -0.3 is 25.2 Å². The number of esters is 1. The molecule has 1 unspecified atom stereocenters. The zero-order valence-electron chi connectivity index (χ0n) is 27.2. The lowest BCUT2D eigenvalue weighted by Gasteiger charge is -2.50. The number of nitrogens with zero attached hydrogens (tertiary/aromatic N) is 1. The number of aromatic hydroxyl groups is 1. The number of alkyl carbamates (subject to hydrolysis) is 1. The fraction of sp³-hybridized carbons (Fsp3) is 0.297. The highest BCUT2D eigenvalue weighted by molar-refractivity contribution is 8.00. The third-order valence-electron chi connectivity index (χ3n) is 7.72. The van der Waals surface area contributed by atoms with Crippen molar-refractivity contribution in [2.24, 2.45) is 0 Å². The van der Waals surface area contributed by atoms with Crippen LogP contribution in [0.25, 0.3) is 0 Å². The van der Waals surface area contributed by atoms with Crippen LogP contribution in [0.3, 0.4) is 0 Å². The lowest BCUT2D eigenvalue weighted by molar-refractivity contribution is -0.154. The van der Waals surface area contributed by atoms with Gasteiger partial charge in [0.15, 0.2) is 6.10 Å². The molecule has 3 amide bonds. The molecule has 10 nitrogen and oxygen atoms in total. The molecule has 2 heterocycles. The number of carbonyl (C=O) groups is 4. The quantitative estimate of drug-likeness (QED) is 0.138. The number of rotatable bonds is 10. The number of hydrogen-bond donors (Lipinski definition) is 3. The number of phenolic OH excluding ortho intramolecular Hbond substituents is 1. The fourth-order valence-electron chi connectivity index (χ4n) is 5.46. The van der Waals surface area contributed by atoms with E-state index >= 15 is 0 Å². The van der Waals surface area contributed by atoms with Crippen LogP contribution in [0, 0.1) is 0 Å². The molecule has 11 heteroatoms. The molecule has 1 fully saturated rings. The van der Waals surface area contributed by atoms with Gasteiger partial charge in [-0.05, 0) is 68.5 Å². The van der Waals surface area contributed by atoms with Crippen LogP contribution in [0.5, 0.6) is 5.75 Å². The van der Waals surface area contributed by atoms with Crippen molar-refractivity contribution in [2.45, 2.75) is 63.3 Å². The van der Waals surface area contributed by atoms with Gasteiger partial charge >= 0.3 is 12.1 Å². The van der Waals surface area contributed by atoms with Gasteiger partial charge in [0.25, 0.3) is 5.91 Å². The SMILES string of the molecule is C/C=C\CC1=C(C(=O)OC(c2ccccc2)c2ccccc2)N2C(=O)C(NC(=O)[C@H](NC(=O)OC(C)(C)C)c3ccc(O)cc3)[C@H]2SC1. The predicted molar refractivity (Wildman–Crippen MR) is 183 cm³/mol. The van der Waals surface area contributed by atoms with Crippen molar-refractivity contribution in [1.82, 2.24) is 15.5 Å². The molecule has 1 saturated heterocycles. The van der Waals surface area contributed by atoms with E-state index in [0.29, 0.717) is 17.7 Å². The van der Waals surface area contributed by atoms with Crippen LogP contribution >= 0.6 is 11.8 Å². The number of fused-ring (bicyclic) bond motifs is 1. The van der Waals surface area contributed by atoms with Crippen molar-refractivity contribution in [3.05, 3.63) is 125 Å². The van der Waals surface area contributed by atoms with E-state index < -0.39 is 53.0 Å². The molecule has 3 aromatic carbocycles. The van der Waals surface area contributed by atoms with Gasteiger partial charge in [-0.3, -0.25) is 14.5 Å². The minimum atomic E-state index is -1.22. The first-order chi connectivity index (χ1) is 23.0. The van der Waals surface area contributed by atoms with Crippen LogP contribution in [0.4, 0.5) is 4.79 Å². The van der Waals surface area contributed by atoms with Crippen LogP contribution in [0.15, 0.2) is 108 Å². The van der Waals surface area contributed by atoms with Gasteiger partial charge in [0.1, 0.15) is 34.5 Å². The molecule has 0 aromatic heterocycles. The third-order valence-corrected chi connectivity index (χ3v) is 9.06. The van der Waals surface area contributed by atoms with E-state index in [-0.39, 0.29) is 11.4 Å². The summed E-state index contributed by atoms with van der Waals surface area (Å²) in [5.41, 5.74) is 2.05. The molecular formula is C37H39N3O7S. The van der Waals surface area contributed by atoms with Crippen molar-refractivity contribution in [3.63, 3.8) is 0 Å². The Labute approximate surface area is 284 Å². The first-order valence-electron chi connectivity index (χ1n) is 15.6. The van der Waals surface area contributed by atoms with E-state index in [0.717, 1.165) is 16.7 Å². The number of allylic oxidation sites excluding steroid dienone is 2. The number of amides is 3. The largest absolute Gasteiger partial charge is 0.508 e. The van der Waals surface area contributed by atoms with Crippen molar-refractivity contribution < 1.29 is 33.8 Å². The first-order valence-corrected chi connectivity index (χ1v) is 16.7. The van der Waals surface area contributed by atoms with Gasteiger partial charge in [-0.15, -0.1) is 11.8 Å². The summed E-state index contributed by atoms with van der Waals surface area (Å²) in [6.45, 7) is 6.99. The molecule has 5 rings (SSSR count). The summed E-state index contributed by atoms with van der Waals surface area (Å²) < 4.78 is 11.6. The van der Waals surface area contributed by atoms with Crippen LogP contribution in [0.1, 0.15) is 63.0 Å². The van der Waals surface area contributed by atoms with Gasteiger partial charge in [-0.2, -0.15) is 0 Å². The summed E-state index contributed by atoms with van der Waals surface area (Å²) in [5, 5.41) is 14.6. The summed E-state index contributed by atoms with van der Waals surface area (Å²) in [6, 6.07) is 22.4. The molecule has 2 aliphatic heterocycles. The number of β-lactam (4-membered cyclic amide) rings is 1. The Morgan fingerprint density at radius 3 is 2.12 bits per heavy atom. The number of carbonyl (C=O) groups excluding carboxylic acids is 4. The monoisotopic (exact) mass is 669 g/mol. The number of ether oxygens (including phenoxy) is 2. The molecular weight excluding hydrogens is 630 g/mol. The highest BCUT2D eigenvalue weighted by atomic mass is 32.2. The van der Waals surface area contributed by atoms with Gasteiger partial charge in [0, 0.05) is 5.75 Å². The van der Waals surface area contributed by atoms with Gasteiger partial charge in [-0.25, -0.2) is 9.59 Å². The maximum atomic E-state index is 14.1. The Hall–Kier alpha value is -5.03. The molecule has 0 bridgehead atoms. The number of nitrogens with one attached hydrogen (secondary N) is 2. The van der Waals surface area contributed by atoms with Crippen molar-refractivity contribution >= 4 is 35.6 Å². The summed E-state index contributed by atoms with van der Waals surface area (Å²) in [4.78, 5) is 55.7. The minimum Gasteiger partial charge on any atom is -0.508 e. The summed E-state index contributed by atoms with van der Waals surface area (Å²) >= 11 is 1.44. The van der Waals surface area contributed by atoms with E-state index in [1.54, 1.807) is 20.8 Å². The van der Waals surface area contributed by atoms with Crippen molar-refractivity contribution in [3.8, 4) is 5.75 Å². The molecule has 48 heavy (non-hydrogen) atoms. The summed E-state index contributed by atoms with van der Waals surface area (Å²) in [7, 11) is 0. The standard InChI is InChI=1S/C37H39N3O7S/c1-5-6-13-26-22-48-34-29(38-32(42)28(23-18-20-27(41)21-19-23)39-36(45)47-37(2,3)4)33(43)40(34)30(26)35(44)46-31(24-14-9-7-10-15-24)25-16-11-8-12-17-25/h5-12,14-21,28-29,31,34,41H,13,22H2,1-4H3,(H,38,42)(H,39,45)/b6-5-/t28-,29?,34-/m1/s1. The predicted octanol–water partition coefficient (Wildman–Crippen LogP) is 5.91. The van der Waals surface area contributed by atoms with Crippen LogP contribution in [0.2, 0.25) is 0 Å². The van der Waals surface area contributed by atoms with E-state index in [1.165, 1.54) is 40.9 Å². The summed E-state index contributed by atoms with van der Waals surface area (Å²) in [6.07, 6.45) is 2.72. The molecule has 0 saturated carbocycles. The van der Waals surface area contributed by atoms with Crippen molar-refractivity contribution in [2.75, 3.05) is 5.75 Å². The van der Waals surface area contributed by atoms with Gasteiger partial charge in [0.05, 0.1) is 0 Å². The van der Waals surface area contributed by atoms with Gasteiger partial charge in [-0.1, -0.05) is 84.9 Å². The molecule has 250 valence electrons. The molecule has 0 aliphatic carbocycles. The molecule has 3 atom stereocenters.